The lowest BCUT2D eigenvalue weighted by atomic mass is 10.1. The highest BCUT2D eigenvalue weighted by Crippen LogP contribution is 2.10. The van der Waals surface area contributed by atoms with Crippen molar-refractivity contribution in [3.8, 4) is 0 Å². The molecule has 0 fully saturated rings. The molecule has 0 atom stereocenters. The van der Waals surface area contributed by atoms with E-state index in [9.17, 15) is 4.79 Å². The first kappa shape index (κ1) is 19.5. The van der Waals surface area contributed by atoms with Gasteiger partial charge in [0.15, 0.2) is 0 Å². The number of hydrogen-bond acceptors (Lipinski definition) is 1. The molecule has 0 aliphatic heterocycles. The average Bonchev–Trinajstić information content (AvgIpc) is 2.37. The van der Waals surface area contributed by atoms with E-state index in [1.165, 1.54) is 70.6 Å². The van der Waals surface area contributed by atoms with Crippen LogP contribution in [0.15, 0.2) is 12.7 Å². The Morgan fingerprint density at radius 3 is 1.22 bits per heavy atom. The Morgan fingerprint density at radius 1 is 0.833 bits per heavy atom. The van der Waals surface area contributed by atoms with Crippen LogP contribution in [0.25, 0.3) is 0 Å². The standard InChI is InChI=1S/C13H28.C3H4O2/c1-3-5-7-9-11-13-12-10-8-6-4-2;1-2-3(4)5/h3-13H2,1-2H3;2H,1H2,(H,4,5). The van der Waals surface area contributed by atoms with E-state index >= 15 is 0 Å². The lowest BCUT2D eigenvalue weighted by Gasteiger charge is -2.00. The Balaban J connectivity index is 0. The zero-order chi connectivity index (χ0) is 14.1. The van der Waals surface area contributed by atoms with Gasteiger partial charge in [-0.3, -0.25) is 0 Å². The Morgan fingerprint density at radius 2 is 1.06 bits per heavy atom. The van der Waals surface area contributed by atoms with Gasteiger partial charge in [0.25, 0.3) is 0 Å². The predicted octanol–water partition coefficient (Wildman–Crippen LogP) is 5.57. The van der Waals surface area contributed by atoms with Gasteiger partial charge in [-0.05, 0) is 0 Å². The van der Waals surface area contributed by atoms with Crippen LogP contribution in [-0.4, -0.2) is 11.1 Å². The van der Waals surface area contributed by atoms with E-state index in [2.05, 4.69) is 20.4 Å². The largest absolute Gasteiger partial charge is 0.478 e. The third-order valence-corrected chi connectivity index (χ3v) is 2.88. The summed E-state index contributed by atoms with van der Waals surface area (Å²) in [4.78, 5) is 9.25. The van der Waals surface area contributed by atoms with Crippen LogP contribution in [0.1, 0.15) is 84.5 Å². The van der Waals surface area contributed by atoms with Crippen molar-refractivity contribution in [1.29, 1.82) is 0 Å². The second-order valence-electron chi connectivity index (χ2n) is 4.72. The number of carbonyl (C=O) groups is 1. The van der Waals surface area contributed by atoms with Gasteiger partial charge >= 0.3 is 5.97 Å². The molecule has 0 saturated heterocycles. The van der Waals surface area contributed by atoms with E-state index in [1.807, 2.05) is 0 Å². The van der Waals surface area contributed by atoms with Crippen LogP contribution in [0.5, 0.6) is 0 Å². The molecule has 0 aromatic rings. The van der Waals surface area contributed by atoms with Crippen molar-refractivity contribution in [1.82, 2.24) is 0 Å². The monoisotopic (exact) mass is 256 g/mol. The molecule has 0 heterocycles. The Labute approximate surface area is 113 Å². The molecule has 0 amide bonds. The molecule has 2 nitrogen and oxygen atoms in total. The van der Waals surface area contributed by atoms with Crippen molar-refractivity contribution in [3.05, 3.63) is 12.7 Å². The van der Waals surface area contributed by atoms with E-state index in [4.69, 9.17) is 5.11 Å². The van der Waals surface area contributed by atoms with E-state index in [0.29, 0.717) is 0 Å². The van der Waals surface area contributed by atoms with E-state index in [0.717, 1.165) is 6.08 Å². The van der Waals surface area contributed by atoms with E-state index in [-0.39, 0.29) is 0 Å². The van der Waals surface area contributed by atoms with Crippen LogP contribution < -0.4 is 0 Å². The van der Waals surface area contributed by atoms with Crippen LogP contribution in [0, 0.1) is 0 Å². The number of hydrogen-bond donors (Lipinski definition) is 1. The van der Waals surface area contributed by atoms with Crippen molar-refractivity contribution >= 4 is 5.97 Å². The van der Waals surface area contributed by atoms with Gasteiger partial charge in [0, 0.05) is 6.08 Å². The molecule has 0 saturated carbocycles. The third kappa shape index (κ3) is 24.4. The van der Waals surface area contributed by atoms with Gasteiger partial charge in [-0.15, -0.1) is 0 Å². The van der Waals surface area contributed by atoms with Gasteiger partial charge in [-0.2, -0.15) is 0 Å². The maximum absolute atomic E-state index is 9.25. The summed E-state index contributed by atoms with van der Waals surface area (Å²) >= 11 is 0. The summed E-state index contributed by atoms with van der Waals surface area (Å²) in [6.45, 7) is 7.53. The normalized spacial score (nSPS) is 9.44. The summed E-state index contributed by atoms with van der Waals surface area (Å²) in [5.74, 6) is -0.981. The summed E-state index contributed by atoms with van der Waals surface area (Å²) in [7, 11) is 0. The average molecular weight is 256 g/mol. The summed E-state index contributed by atoms with van der Waals surface area (Å²) in [5.41, 5.74) is 0. The molecule has 0 unspecified atom stereocenters. The lowest BCUT2D eigenvalue weighted by Crippen LogP contribution is -1.82. The molecule has 0 spiro atoms. The van der Waals surface area contributed by atoms with Gasteiger partial charge in [0.05, 0.1) is 0 Å². The van der Waals surface area contributed by atoms with Gasteiger partial charge in [0.1, 0.15) is 0 Å². The van der Waals surface area contributed by atoms with Gasteiger partial charge in [-0.1, -0.05) is 91.1 Å². The van der Waals surface area contributed by atoms with Crippen molar-refractivity contribution < 1.29 is 9.90 Å². The first-order valence-electron chi connectivity index (χ1n) is 7.54. The van der Waals surface area contributed by atoms with E-state index in [1.54, 1.807) is 0 Å². The molecule has 0 aliphatic rings. The minimum Gasteiger partial charge on any atom is -0.478 e. The molecule has 0 bridgehead atoms. The molecule has 0 aromatic carbocycles. The predicted molar refractivity (Wildman–Crippen MR) is 80.0 cm³/mol. The van der Waals surface area contributed by atoms with E-state index < -0.39 is 5.97 Å². The topological polar surface area (TPSA) is 37.3 Å². The molecule has 108 valence electrons. The highest BCUT2D eigenvalue weighted by molar-refractivity contribution is 5.78. The smallest absolute Gasteiger partial charge is 0.327 e. The summed E-state index contributed by atoms with van der Waals surface area (Å²) in [6, 6.07) is 0. The van der Waals surface area contributed by atoms with Crippen LogP contribution >= 0.6 is 0 Å². The number of unbranched alkanes of at least 4 members (excludes halogenated alkanes) is 10. The van der Waals surface area contributed by atoms with Crippen molar-refractivity contribution in [2.75, 3.05) is 0 Å². The van der Waals surface area contributed by atoms with Crippen molar-refractivity contribution in [3.63, 3.8) is 0 Å². The minimum absolute atomic E-state index is 0.833. The minimum atomic E-state index is -0.981. The lowest BCUT2D eigenvalue weighted by molar-refractivity contribution is -0.131. The van der Waals surface area contributed by atoms with Crippen LogP contribution in [0.2, 0.25) is 0 Å². The summed E-state index contributed by atoms with van der Waals surface area (Å²) in [6.07, 6.45) is 16.8. The van der Waals surface area contributed by atoms with Gasteiger partial charge < -0.3 is 5.11 Å². The SMILES string of the molecule is C=CC(=O)O.CCCCCCCCCCCCC. The van der Waals surface area contributed by atoms with Gasteiger partial charge in [0.2, 0.25) is 0 Å². The Bertz CT molecular complexity index is 166. The first-order valence-corrected chi connectivity index (χ1v) is 7.54. The summed E-state index contributed by atoms with van der Waals surface area (Å²) in [5, 5.41) is 7.60. The van der Waals surface area contributed by atoms with Crippen molar-refractivity contribution in [2.45, 2.75) is 84.5 Å². The molecule has 0 rings (SSSR count). The highest BCUT2D eigenvalue weighted by Gasteiger charge is 1.90. The quantitative estimate of drug-likeness (QED) is 0.387. The molecule has 2 heteroatoms. The first-order chi connectivity index (χ1) is 8.68. The number of carboxylic acid groups (broad SMARTS) is 1. The maximum Gasteiger partial charge on any atom is 0.327 e. The number of carboxylic acids is 1. The fourth-order valence-electron chi connectivity index (χ4n) is 1.74. The maximum atomic E-state index is 9.25. The molecule has 1 N–H and O–H groups in total. The van der Waals surface area contributed by atoms with Crippen LogP contribution in [0.4, 0.5) is 0 Å². The Kier molecular flexibility index (Phi) is 20.2. The molecule has 0 aromatic heterocycles. The van der Waals surface area contributed by atoms with Crippen LogP contribution in [0.3, 0.4) is 0 Å². The molecule has 0 aliphatic carbocycles. The fourth-order valence-corrected chi connectivity index (χ4v) is 1.74. The molecular formula is C16H32O2. The van der Waals surface area contributed by atoms with Gasteiger partial charge in [-0.25, -0.2) is 4.79 Å². The molecular weight excluding hydrogens is 224 g/mol. The molecule has 0 radical (unpaired) electrons. The molecule has 18 heavy (non-hydrogen) atoms. The second-order valence-corrected chi connectivity index (χ2v) is 4.72. The number of aliphatic carboxylic acids is 1. The Hall–Kier alpha value is -0.790. The summed E-state index contributed by atoms with van der Waals surface area (Å²) < 4.78 is 0. The third-order valence-electron chi connectivity index (χ3n) is 2.88. The fraction of sp³-hybridized carbons (Fsp3) is 0.812. The second kappa shape index (κ2) is 18.6. The van der Waals surface area contributed by atoms with Crippen molar-refractivity contribution in [2.24, 2.45) is 0 Å². The zero-order valence-corrected chi connectivity index (χ0v) is 12.4. The van der Waals surface area contributed by atoms with Crippen LogP contribution in [-0.2, 0) is 4.79 Å². The zero-order valence-electron chi connectivity index (χ0n) is 12.4. The number of rotatable bonds is 11. The highest BCUT2D eigenvalue weighted by atomic mass is 16.4.